The summed E-state index contributed by atoms with van der Waals surface area (Å²) in [5.74, 6) is -0.0722. The number of benzene rings is 1. The van der Waals surface area contributed by atoms with Crippen LogP contribution in [0.3, 0.4) is 0 Å². The minimum Gasteiger partial charge on any atom is -0.368 e. The number of fused-ring (bicyclic) bond motifs is 1. The number of likely N-dealkylation sites (N-methyl/N-ethyl adjacent to an activating group) is 1. The number of nitrogen functional groups attached to an aromatic ring is 1. The fraction of sp³-hybridized carbons (Fsp3) is 0.318. The molecular formula is C22H24N6O2. The number of carbonyl (C=O) groups is 2. The molecule has 0 bridgehead atoms. The molecule has 0 saturated carbocycles. The summed E-state index contributed by atoms with van der Waals surface area (Å²) in [6, 6.07) is 5.14. The molecule has 3 aromatic rings. The fourth-order valence-electron chi connectivity index (χ4n) is 3.77. The van der Waals surface area contributed by atoms with Crippen LogP contribution in [0.1, 0.15) is 28.4 Å². The van der Waals surface area contributed by atoms with Crippen LogP contribution < -0.4 is 5.73 Å². The SMILES string of the molecule is Cc1ccc2c(C(=O)N3CCN(C)C(=O)[C@H]3C)cc(-c3cnc(N)nc3)nc2c1C. The zero-order valence-corrected chi connectivity index (χ0v) is 17.5. The maximum absolute atomic E-state index is 13.6. The summed E-state index contributed by atoms with van der Waals surface area (Å²) in [6.45, 7) is 6.76. The first kappa shape index (κ1) is 19.8. The first-order valence-electron chi connectivity index (χ1n) is 9.82. The van der Waals surface area contributed by atoms with Crippen LogP contribution in [0.5, 0.6) is 0 Å². The van der Waals surface area contributed by atoms with E-state index in [2.05, 4.69) is 9.97 Å². The average Bonchev–Trinajstić information content (AvgIpc) is 2.74. The molecule has 2 N–H and O–H groups in total. The van der Waals surface area contributed by atoms with E-state index in [1.165, 1.54) is 0 Å². The smallest absolute Gasteiger partial charge is 0.255 e. The Morgan fingerprint density at radius 1 is 1.17 bits per heavy atom. The van der Waals surface area contributed by atoms with Gasteiger partial charge in [0.2, 0.25) is 11.9 Å². The van der Waals surface area contributed by atoms with Gasteiger partial charge in [-0.3, -0.25) is 9.59 Å². The first-order valence-corrected chi connectivity index (χ1v) is 9.82. The Morgan fingerprint density at radius 3 is 2.57 bits per heavy atom. The van der Waals surface area contributed by atoms with Crippen LogP contribution >= 0.6 is 0 Å². The van der Waals surface area contributed by atoms with Crippen molar-refractivity contribution >= 4 is 28.7 Å². The number of aromatic nitrogens is 3. The van der Waals surface area contributed by atoms with E-state index < -0.39 is 6.04 Å². The van der Waals surface area contributed by atoms with Gasteiger partial charge in [0.1, 0.15) is 6.04 Å². The summed E-state index contributed by atoms with van der Waals surface area (Å²) in [5, 5.41) is 0.766. The molecule has 154 valence electrons. The molecule has 0 spiro atoms. The monoisotopic (exact) mass is 404 g/mol. The molecule has 2 amide bonds. The number of pyridine rings is 1. The molecule has 8 nitrogen and oxygen atoms in total. The van der Waals surface area contributed by atoms with E-state index in [-0.39, 0.29) is 17.8 Å². The van der Waals surface area contributed by atoms with Crippen LogP contribution in [0.2, 0.25) is 0 Å². The standard InChI is InChI=1S/C22H24N6O2/c1-12-5-6-16-17(21(30)28-8-7-27(4)20(29)14(28)3)9-18(26-19(16)13(12)2)15-10-24-22(23)25-11-15/h5-6,9-11,14H,7-8H2,1-4H3,(H2,23,24,25)/t14-/m1/s1. The normalized spacial score (nSPS) is 16.9. The number of aryl methyl sites for hydroxylation is 2. The van der Waals surface area contributed by atoms with Gasteiger partial charge in [-0.25, -0.2) is 15.0 Å². The number of hydrogen-bond acceptors (Lipinski definition) is 6. The van der Waals surface area contributed by atoms with E-state index >= 15 is 0 Å². The average molecular weight is 404 g/mol. The molecule has 2 aromatic heterocycles. The predicted octanol–water partition coefficient (Wildman–Crippen LogP) is 2.19. The van der Waals surface area contributed by atoms with E-state index in [1.807, 2.05) is 26.0 Å². The van der Waals surface area contributed by atoms with Crippen molar-refractivity contribution in [3.63, 3.8) is 0 Å². The van der Waals surface area contributed by atoms with Gasteiger partial charge in [-0.15, -0.1) is 0 Å². The van der Waals surface area contributed by atoms with E-state index in [0.717, 1.165) is 22.0 Å². The Balaban J connectivity index is 1.89. The van der Waals surface area contributed by atoms with E-state index in [0.29, 0.717) is 29.9 Å². The van der Waals surface area contributed by atoms with Gasteiger partial charge < -0.3 is 15.5 Å². The second-order valence-corrected chi connectivity index (χ2v) is 7.72. The van der Waals surface area contributed by atoms with Crippen molar-refractivity contribution in [3.05, 3.63) is 47.3 Å². The lowest BCUT2D eigenvalue weighted by Gasteiger charge is -2.37. The Morgan fingerprint density at radius 2 is 1.87 bits per heavy atom. The second-order valence-electron chi connectivity index (χ2n) is 7.72. The van der Waals surface area contributed by atoms with Crippen molar-refractivity contribution in [1.29, 1.82) is 0 Å². The van der Waals surface area contributed by atoms with Gasteiger partial charge in [-0.05, 0) is 38.0 Å². The molecule has 4 rings (SSSR count). The van der Waals surface area contributed by atoms with Crippen LogP contribution in [-0.4, -0.2) is 62.7 Å². The summed E-state index contributed by atoms with van der Waals surface area (Å²) in [7, 11) is 1.76. The van der Waals surface area contributed by atoms with Crippen molar-refractivity contribution < 1.29 is 9.59 Å². The van der Waals surface area contributed by atoms with Crippen molar-refractivity contribution in [2.75, 3.05) is 25.9 Å². The number of amides is 2. The molecule has 30 heavy (non-hydrogen) atoms. The van der Waals surface area contributed by atoms with Gasteiger partial charge in [0, 0.05) is 43.5 Å². The summed E-state index contributed by atoms with van der Waals surface area (Å²) in [5.41, 5.74) is 10.2. The highest BCUT2D eigenvalue weighted by Crippen LogP contribution is 2.29. The minimum atomic E-state index is -0.519. The van der Waals surface area contributed by atoms with Crippen LogP contribution in [-0.2, 0) is 4.79 Å². The van der Waals surface area contributed by atoms with Crippen LogP contribution in [0.4, 0.5) is 5.95 Å². The van der Waals surface area contributed by atoms with Crippen LogP contribution in [0, 0.1) is 13.8 Å². The molecule has 1 aliphatic heterocycles. The number of piperazine rings is 1. The lowest BCUT2D eigenvalue weighted by atomic mass is 9.98. The van der Waals surface area contributed by atoms with E-state index in [1.54, 1.807) is 42.2 Å². The van der Waals surface area contributed by atoms with Crippen LogP contribution in [0.15, 0.2) is 30.6 Å². The largest absolute Gasteiger partial charge is 0.368 e. The highest BCUT2D eigenvalue weighted by Gasteiger charge is 2.34. The topological polar surface area (TPSA) is 105 Å². The molecule has 0 unspecified atom stereocenters. The number of anilines is 1. The Hall–Kier alpha value is -3.55. The lowest BCUT2D eigenvalue weighted by molar-refractivity contribution is -0.137. The summed E-state index contributed by atoms with van der Waals surface area (Å²) in [4.78, 5) is 42.2. The second kappa shape index (κ2) is 7.37. The Kier molecular flexibility index (Phi) is 4.85. The van der Waals surface area contributed by atoms with Gasteiger partial charge in [0.05, 0.1) is 16.8 Å². The number of carbonyl (C=O) groups excluding carboxylic acids is 2. The van der Waals surface area contributed by atoms with Gasteiger partial charge >= 0.3 is 0 Å². The molecule has 1 aromatic carbocycles. The van der Waals surface area contributed by atoms with Gasteiger partial charge in [0.25, 0.3) is 5.91 Å². The first-order chi connectivity index (χ1) is 14.3. The summed E-state index contributed by atoms with van der Waals surface area (Å²) < 4.78 is 0. The molecule has 0 aliphatic carbocycles. The van der Waals surface area contributed by atoms with Gasteiger partial charge in [0.15, 0.2) is 0 Å². The van der Waals surface area contributed by atoms with Crippen molar-refractivity contribution in [1.82, 2.24) is 24.8 Å². The zero-order valence-electron chi connectivity index (χ0n) is 17.5. The summed E-state index contributed by atoms with van der Waals surface area (Å²) in [6.07, 6.45) is 3.19. The zero-order chi connectivity index (χ0) is 21.6. The lowest BCUT2D eigenvalue weighted by Crippen LogP contribution is -2.56. The van der Waals surface area contributed by atoms with Crippen molar-refractivity contribution in [2.45, 2.75) is 26.8 Å². The molecule has 1 saturated heterocycles. The molecule has 1 aliphatic rings. The Labute approximate surface area is 174 Å². The molecular weight excluding hydrogens is 380 g/mol. The maximum Gasteiger partial charge on any atom is 0.255 e. The quantitative estimate of drug-likeness (QED) is 0.702. The molecule has 3 heterocycles. The number of nitrogens with zero attached hydrogens (tertiary/aromatic N) is 5. The number of hydrogen-bond donors (Lipinski definition) is 1. The number of nitrogens with two attached hydrogens (primary N) is 1. The van der Waals surface area contributed by atoms with E-state index in [4.69, 9.17) is 10.7 Å². The molecule has 1 atom stereocenters. The Bertz CT molecular complexity index is 1160. The third-order valence-electron chi connectivity index (χ3n) is 5.84. The molecule has 8 heteroatoms. The molecule has 1 fully saturated rings. The third kappa shape index (κ3) is 3.24. The van der Waals surface area contributed by atoms with Gasteiger partial charge in [-0.1, -0.05) is 12.1 Å². The van der Waals surface area contributed by atoms with Crippen molar-refractivity contribution in [3.8, 4) is 11.3 Å². The van der Waals surface area contributed by atoms with E-state index in [9.17, 15) is 9.59 Å². The predicted molar refractivity (Wildman–Crippen MR) is 115 cm³/mol. The van der Waals surface area contributed by atoms with Crippen molar-refractivity contribution in [2.24, 2.45) is 0 Å². The highest BCUT2D eigenvalue weighted by molar-refractivity contribution is 6.09. The maximum atomic E-state index is 13.6. The summed E-state index contributed by atoms with van der Waals surface area (Å²) >= 11 is 0. The fourth-order valence-corrected chi connectivity index (χ4v) is 3.77. The van der Waals surface area contributed by atoms with Gasteiger partial charge in [-0.2, -0.15) is 0 Å². The number of rotatable bonds is 2. The highest BCUT2D eigenvalue weighted by atomic mass is 16.2. The van der Waals surface area contributed by atoms with Crippen LogP contribution in [0.25, 0.3) is 22.2 Å². The molecule has 0 radical (unpaired) electrons. The minimum absolute atomic E-state index is 0.0628. The third-order valence-corrected chi connectivity index (χ3v) is 5.84.